The molecule has 1 fully saturated rings. The lowest BCUT2D eigenvalue weighted by atomic mass is 9.91. The molecule has 106 valence electrons. The first-order valence-corrected chi connectivity index (χ1v) is 7.29. The second-order valence-electron chi connectivity index (χ2n) is 5.31. The summed E-state index contributed by atoms with van der Waals surface area (Å²) in [6.07, 6.45) is 5.78. The van der Waals surface area contributed by atoms with E-state index in [1.54, 1.807) is 12.3 Å². The van der Waals surface area contributed by atoms with Gasteiger partial charge in [0, 0.05) is 31.9 Å². The highest BCUT2D eigenvalue weighted by Gasteiger charge is 2.27. The lowest BCUT2D eigenvalue weighted by Gasteiger charge is -2.33. The van der Waals surface area contributed by atoms with Gasteiger partial charge in [0.1, 0.15) is 5.69 Å². The lowest BCUT2D eigenvalue weighted by Crippen LogP contribution is -2.42. The van der Waals surface area contributed by atoms with Gasteiger partial charge >= 0.3 is 0 Å². The van der Waals surface area contributed by atoms with Crippen LogP contribution in [0.2, 0.25) is 5.02 Å². The van der Waals surface area contributed by atoms with E-state index in [2.05, 4.69) is 0 Å². The summed E-state index contributed by atoms with van der Waals surface area (Å²) in [4.78, 5) is 14.4. The van der Waals surface area contributed by atoms with E-state index in [4.69, 9.17) is 17.3 Å². The first kappa shape index (κ1) is 14.4. The van der Waals surface area contributed by atoms with Gasteiger partial charge < -0.3 is 15.2 Å². The molecule has 0 bridgehead atoms. The van der Waals surface area contributed by atoms with E-state index in [1.807, 2.05) is 23.4 Å². The number of hydrogen-bond acceptors (Lipinski definition) is 2. The molecule has 0 aromatic carbocycles. The van der Waals surface area contributed by atoms with Crippen LogP contribution in [0.15, 0.2) is 12.3 Å². The van der Waals surface area contributed by atoms with Crippen molar-refractivity contribution in [1.29, 1.82) is 0 Å². The minimum atomic E-state index is 0.0502. The summed E-state index contributed by atoms with van der Waals surface area (Å²) in [5.74, 6) is 0.0502. The van der Waals surface area contributed by atoms with Crippen molar-refractivity contribution in [3.05, 3.63) is 23.0 Å². The van der Waals surface area contributed by atoms with Crippen molar-refractivity contribution in [2.24, 2.45) is 5.73 Å². The van der Waals surface area contributed by atoms with Crippen molar-refractivity contribution in [2.45, 2.75) is 51.2 Å². The largest absolute Gasteiger partial charge is 0.342 e. The zero-order valence-corrected chi connectivity index (χ0v) is 12.4. The predicted octanol–water partition coefficient (Wildman–Crippen LogP) is 2.50. The Labute approximate surface area is 119 Å². The average Bonchev–Trinajstić information content (AvgIpc) is 2.79. The Bertz CT molecular complexity index is 450. The van der Waals surface area contributed by atoms with Crippen LogP contribution in [0.1, 0.15) is 43.1 Å². The molecule has 2 N–H and O–H groups in total. The van der Waals surface area contributed by atoms with E-state index in [0.717, 1.165) is 32.2 Å². The van der Waals surface area contributed by atoms with Crippen LogP contribution in [-0.4, -0.2) is 34.5 Å². The number of aromatic nitrogens is 1. The molecule has 0 unspecified atom stereocenters. The number of hydrogen-bond donors (Lipinski definition) is 1. The van der Waals surface area contributed by atoms with Gasteiger partial charge in [0.25, 0.3) is 5.91 Å². The molecule has 1 aromatic heterocycles. The zero-order valence-electron chi connectivity index (χ0n) is 11.6. The summed E-state index contributed by atoms with van der Waals surface area (Å²) >= 11 is 5.99. The Morgan fingerprint density at radius 2 is 2.11 bits per heavy atom. The molecule has 0 aliphatic heterocycles. The third-order valence-corrected chi connectivity index (χ3v) is 4.24. The fraction of sp³-hybridized carbons (Fsp3) is 0.643. The van der Waals surface area contributed by atoms with Crippen molar-refractivity contribution in [1.82, 2.24) is 9.47 Å². The summed E-state index contributed by atoms with van der Waals surface area (Å²) < 4.78 is 1.90. The number of nitrogens with two attached hydrogens (primary N) is 1. The standard InChI is InChI=1S/C14H22ClN3O/c1-3-18-9-10(15)8-13(18)14(19)17(2)12-6-4-11(16)5-7-12/h8-9,11-12H,3-7,16H2,1-2H3. The minimum Gasteiger partial charge on any atom is -0.342 e. The topological polar surface area (TPSA) is 51.3 Å². The van der Waals surface area contributed by atoms with Crippen molar-refractivity contribution in [3.63, 3.8) is 0 Å². The maximum absolute atomic E-state index is 12.5. The molecule has 5 heteroatoms. The molecule has 1 saturated carbocycles. The number of amides is 1. The van der Waals surface area contributed by atoms with Crippen LogP contribution in [0.25, 0.3) is 0 Å². The number of nitrogens with zero attached hydrogens (tertiary/aromatic N) is 2. The molecule has 1 amide bonds. The molecule has 1 aliphatic rings. The Hall–Kier alpha value is -1.00. The van der Waals surface area contributed by atoms with Crippen molar-refractivity contribution in [2.75, 3.05) is 7.05 Å². The molecule has 0 atom stereocenters. The number of rotatable bonds is 3. The molecule has 0 radical (unpaired) electrons. The zero-order chi connectivity index (χ0) is 14.0. The van der Waals surface area contributed by atoms with Gasteiger partial charge in [0.15, 0.2) is 0 Å². The van der Waals surface area contributed by atoms with Crippen LogP contribution in [-0.2, 0) is 6.54 Å². The Balaban J connectivity index is 2.10. The number of carbonyl (C=O) groups excluding carboxylic acids is 1. The molecule has 1 heterocycles. The van der Waals surface area contributed by atoms with Crippen LogP contribution in [0.3, 0.4) is 0 Å². The van der Waals surface area contributed by atoms with E-state index in [0.29, 0.717) is 22.8 Å². The van der Waals surface area contributed by atoms with Crippen LogP contribution >= 0.6 is 11.6 Å². The molecule has 0 saturated heterocycles. The van der Waals surface area contributed by atoms with Crippen molar-refractivity contribution < 1.29 is 4.79 Å². The highest BCUT2D eigenvalue weighted by Crippen LogP contribution is 2.23. The van der Waals surface area contributed by atoms with E-state index >= 15 is 0 Å². The quantitative estimate of drug-likeness (QED) is 0.927. The smallest absolute Gasteiger partial charge is 0.270 e. The average molecular weight is 284 g/mol. The van der Waals surface area contributed by atoms with Gasteiger partial charge in [-0.3, -0.25) is 4.79 Å². The fourth-order valence-electron chi connectivity index (χ4n) is 2.75. The SMILES string of the molecule is CCn1cc(Cl)cc1C(=O)N(C)C1CCC(N)CC1. The van der Waals surface area contributed by atoms with Gasteiger partial charge in [-0.1, -0.05) is 11.6 Å². The first-order chi connectivity index (χ1) is 9.02. The predicted molar refractivity (Wildman–Crippen MR) is 77.4 cm³/mol. The lowest BCUT2D eigenvalue weighted by molar-refractivity contribution is 0.0679. The van der Waals surface area contributed by atoms with Crippen LogP contribution in [0, 0.1) is 0 Å². The molecular formula is C14H22ClN3O. The Morgan fingerprint density at radius 3 is 2.68 bits per heavy atom. The summed E-state index contributed by atoms with van der Waals surface area (Å²) in [7, 11) is 1.88. The van der Waals surface area contributed by atoms with E-state index in [-0.39, 0.29) is 5.91 Å². The summed E-state index contributed by atoms with van der Waals surface area (Å²) in [6, 6.07) is 2.35. The number of aryl methyl sites for hydroxylation is 1. The van der Waals surface area contributed by atoms with Gasteiger partial charge in [0.2, 0.25) is 0 Å². The molecule has 1 aromatic rings. The van der Waals surface area contributed by atoms with Crippen LogP contribution in [0.4, 0.5) is 0 Å². The fourth-order valence-corrected chi connectivity index (χ4v) is 2.97. The van der Waals surface area contributed by atoms with Gasteiger partial charge in [-0.05, 0) is 38.7 Å². The maximum Gasteiger partial charge on any atom is 0.270 e. The number of halogens is 1. The van der Waals surface area contributed by atoms with Crippen LogP contribution < -0.4 is 5.73 Å². The van der Waals surface area contributed by atoms with Crippen molar-refractivity contribution in [3.8, 4) is 0 Å². The monoisotopic (exact) mass is 283 g/mol. The summed E-state index contributed by atoms with van der Waals surface area (Å²) in [6.45, 7) is 2.75. The third kappa shape index (κ3) is 3.12. The molecule has 19 heavy (non-hydrogen) atoms. The molecule has 2 rings (SSSR count). The molecular weight excluding hydrogens is 262 g/mol. The van der Waals surface area contributed by atoms with Gasteiger partial charge in [-0.15, -0.1) is 0 Å². The molecule has 4 nitrogen and oxygen atoms in total. The van der Waals surface area contributed by atoms with Crippen molar-refractivity contribution >= 4 is 17.5 Å². The summed E-state index contributed by atoms with van der Waals surface area (Å²) in [5, 5.41) is 0.615. The second-order valence-corrected chi connectivity index (χ2v) is 5.75. The van der Waals surface area contributed by atoms with Crippen LogP contribution in [0.5, 0.6) is 0 Å². The van der Waals surface area contributed by atoms with Gasteiger partial charge in [-0.2, -0.15) is 0 Å². The highest BCUT2D eigenvalue weighted by atomic mass is 35.5. The Morgan fingerprint density at radius 1 is 1.47 bits per heavy atom. The Kier molecular flexibility index (Phi) is 4.53. The molecule has 1 aliphatic carbocycles. The van der Waals surface area contributed by atoms with E-state index in [1.165, 1.54) is 0 Å². The van der Waals surface area contributed by atoms with Gasteiger partial charge in [-0.25, -0.2) is 0 Å². The van der Waals surface area contributed by atoms with Gasteiger partial charge in [0.05, 0.1) is 5.02 Å². The van der Waals surface area contributed by atoms with E-state index in [9.17, 15) is 4.79 Å². The first-order valence-electron chi connectivity index (χ1n) is 6.91. The summed E-state index contributed by atoms with van der Waals surface area (Å²) in [5.41, 5.74) is 6.58. The molecule has 0 spiro atoms. The van der Waals surface area contributed by atoms with E-state index < -0.39 is 0 Å². The third-order valence-electron chi connectivity index (χ3n) is 4.03. The highest BCUT2D eigenvalue weighted by molar-refractivity contribution is 6.31. The normalized spacial score (nSPS) is 23.4. The second kappa shape index (κ2) is 5.97. The minimum absolute atomic E-state index is 0.0502. The number of carbonyl (C=O) groups is 1. The maximum atomic E-state index is 12.5.